The predicted molar refractivity (Wildman–Crippen MR) is 88.4 cm³/mol. The van der Waals surface area contributed by atoms with Gasteiger partial charge in [-0.15, -0.1) is 0 Å². The quantitative estimate of drug-likeness (QED) is 0.830. The van der Waals surface area contributed by atoms with Crippen molar-refractivity contribution in [1.29, 1.82) is 0 Å². The largest absolute Gasteiger partial charge is 0.496 e. The summed E-state index contributed by atoms with van der Waals surface area (Å²) in [5, 5.41) is 1.64. The van der Waals surface area contributed by atoms with Crippen molar-refractivity contribution in [2.75, 3.05) is 33.4 Å². The minimum Gasteiger partial charge on any atom is -0.496 e. The first-order valence-electron chi connectivity index (χ1n) is 7.00. The molecule has 0 fully saturated rings. The molecule has 0 unspecified atom stereocenters. The Morgan fingerprint density at radius 3 is 2.04 bits per heavy atom. The Labute approximate surface area is 135 Å². The molecule has 122 valence electrons. The fourth-order valence-electron chi connectivity index (χ4n) is 2.14. The lowest BCUT2D eigenvalue weighted by Crippen LogP contribution is -2.39. The van der Waals surface area contributed by atoms with E-state index in [4.69, 9.17) is 14.2 Å². The van der Waals surface area contributed by atoms with Crippen LogP contribution in [0.3, 0.4) is 0 Å². The average molecular weight is 316 g/mol. The second-order valence-corrected chi connectivity index (χ2v) is 4.74. The van der Waals surface area contributed by atoms with E-state index in [1.165, 1.54) is 21.3 Å². The molecule has 0 bridgehead atoms. The number of methoxy groups -OCH3 is 3. The van der Waals surface area contributed by atoms with E-state index in [2.05, 4.69) is 5.43 Å². The van der Waals surface area contributed by atoms with E-state index in [-0.39, 0.29) is 5.91 Å². The maximum absolute atomic E-state index is 12.5. The fourth-order valence-corrected chi connectivity index (χ4v) is 2.14. The highest BCUT2D eigenvalue weighted by Crippen LogP contribution is 2.34. The number of amides is 1. The Morgan fingerprint density at radius 1 is 0.913 bits per heavy atom. The van der Waals surface area contributed by atoms with Crippen LogP contribution in [0.4, 0.5) is 5.69 Å². The van der Waals surface area contributed by atoms with Crippen LogP contribution in [-0.4, -0.2) is 34.3 Å². The van der Waals surface area contributed by atoms with Gasteiger partial charge in [-0.25, -0.2) is 0 Å². The number of ether oxygens (including phenoxy) is 3. The van der Waals surface area contributed by atoms with E-state index in [0.717, 1.165) is 5.69 Å². The molecular weight excluding hydrogens is 296 g/mol. The van der Waals surface area contributed by atoms with Gasteiger partial charge in [0.25, 0.3) is 5.91 Å². The minimum absolute atomic E-state index is 0.311. The van der Waals surface area contributed by atoms with E-state index in [9.17, 15) is 4.79 Å². The molecule has 0 radical (unpaired) electrons. The van der Waals surface area contributed by atoms with Crippen molar-refractivity contribution in [1.82, 2.24) is 5.43 Å². The summed E-state index contributed by atoms with van der Waals surface area (Å²) >= 11 is 0. The van der Waals surface area contributed by atoms with Gasteiger partial charge in [0.05, 0.1) is 32.6 Å². The Balaban J connectivity index is 2.28. The van der Waals surface area contributed by atoms with Crippen LogP contribution in [-0.2, 0) is 0 Å². The van der Waals surface area contributed by atoms with Crippen LogP contribution in [0.2, 0.25) is 0 Å². The molecule has 0 saturated heterocycles. The molecule has 1 N–H and O–H groups in total. The zero-order chi connectivity index (χ0) is 16.8. The molecule has 2 aromatic rings. The van der Waals surface area contributed by atoms with Crippen LogP contribution >= 0.6 is 0 Å². The van der Waals surface area contributed by atoms with Gasteiger partial charge in [-0.1, -0.05) is 18.2 Å². The van der Waals surface area contributed by atoms with Gasteiger partial charge in [0.2, 0.25) is 0 Å². The molecule has 6 heteroatoms. The van der Waals surface area contributed by atoms with Crippen molar-refractivity contribution < 1.29 is 19.0 Å². The number of hydrogen-bond acceptors (Lipinski definition) is 5. The summed E-state index contributed by atoms with van der Waals surface area (Å²) in [5.41, 5.74) is 4.01. The lowest BCUT2D eigenvalue weighted by Gasteiger charge is -2.21. The Morgan fingerprint density at radius 2 is 1.48 bits per heavy atom. The van der Waals surface area contributed by atoms with Gasteiger partial charge in [0.15, 0.2) is 11.5 Å². The van der Waals surface area contributed by atoms with Crippen molar-refractivity contribution in [3.05, 3.63) is 48.0 Å². The van der Waals surface area contributed by atoms with Gasteiger partial charge in [-0.3, -0.25) is 15.2 Å². The minimum atomic E-state index is -0.311. The Kier molecular flexibility index (Phi) is 5.30. The van der Waals surface area contributed by atoms with Crippen LogP contribution in [0.1, 0.15) is 10.4 Å². The SMILES string of the molecule is COc1cc(OC)c(C(=O)NN(C)c2ccccc2)cc1OC. The maximum Gasteiger partial charge on any atom is 0.273 e. The lowest BCUT2D eigenvalue weighted by atomic mass is 10.1. The number of carbonyl (C=O) groups excluding carboxylic acids is 1. The van der Waals surface area contributed by atoms with Gasteiger partial charge < -0.3 is 14.2 Å². The zero-order valence-electron chi connectivity index (χ0n) is 13.6. The molecule has 6 nitrogen and oxygen atoms in total. The number of nitrogens with zero attached hydrogens (tertiary/aromatic N) is 1. The number of carbonyl (C=O) groups is 1. The van der Waals surface area contributed by atoms with E-state index >= 15 is 0 Å². The number of rotatable bonds is 6. The first kappa shape index (κ1) is 16.5. The molecule has 2 aromatic carbocycles. The molecule has 0 aliphatic heterocycles. The molecule has 0 spiro atoms. The first-order chi connectivity index (χ1) is 11.1. The van der Waals surface area contributed by atoms with Crippen LogP contribution in [0, 0.1) is 0 Å². The first-order valence-corrected chi connectivity index (χ1v) is 7.00. The molecule has 0 saturated carbocycles. The Bertz CT molecular complexity index is 674. The smallest absolute Gasteiger partial charge is 0.273 e. The monoisotopic (exact) mass is 316 g/mol. The molecule has 1 amide bonds. The fraction of sp³-hybridized carbons (Fsp3) is 0.235. The highest BCUT2D eigenvalue weighted by Gasteiger charge is 2.18. The molecular formula is C17H20N2O4. The number of para-hydroxylation sites is 1. The van der Waals surface area contributed by atoms with E-state index in [1.54, 1.807) is 24.2 Å². The van der Waals surface area contributed by atoms with Crippen LogP contribution < -0.4 is 24.6 Å². The van der Waals surface area contributed by atoms with Crippen molar-refractivity contribution in [2.45, 2.75) is 0 Å². The third-order valence-corrected chi connectivity index (χ3v) is 3.36. The summed E-state index contributed by atoms with van der Waals surface area (Å²) in [4.78, 5) is 12.5. The highest BCUT2D eigenvalue weighted by molar-refractivity contribution is 5.98. The number of hydrazine groups is 1. The third kappa shape index (κ3) is 3.66. The summed E-state index contributed by atoms with van der Waals surface area (Å²) in [5.74, 6) is 1.05. The van der Waals surface area contributed by atoms with Crippen molar-refractivity contribution in [3.8, 4) is 17.2 Å². The highest BCUT2D eigenvalue weighted by atomic mass is 16.5. The summed E-state index contributed by atoms with van der Waals surface area (Å²) in [6.07, 6.45) is 0. The van der Waals surface area contributed by atoms with Crippen molar-refractivity contribution in [3.63, 3.8) is 0 Å². The zero-order valence-corrected chi connectivity index (χ0v) is 13.6. The average Bonchev–Trinajstić information content (AvgIpc) is 2.60. The molecule has 23 heavy (non-hydrogen) atoms. The van der Waals surface area contributed by atoms with Crippen LogP contribution in [0.25, 0.3) is 0 Å². The van der Waals surface area contributed by atoms with Gasteiger partial charge in [0.1, 0.15) is 5.75 Å². The van der Waals surface area contributed by atoms with E-state index in [0.29, 0.717) is 22.8 Å². The number of benzene rings is 2. The second kappa shape index (κ2) is 7.40. The van der Waals surface area contributed by atoms with Gasteiger partial charge in [-0.05, 0) is 12.1 Å². The van der Waals surface area contributed by atoms with Gasteiger partial charge in [-0.2, -0.15) is 0 Å². The number of nitrogens with one attached hydrogen (secondary N) is 1. The molecule has 0 atom stereocenters. The summed E-state index contributed by atoms with van der Waals surface area (Å²) in [6, 6.07) is 12.7. The lowest BCUT2D eigenvalue weighted by molar-refractivity contribution is 0.0948. The van der Waals surface area contributed by atoms with Gasteiger partial charge in [0, 0.05) is 19.2 Å². The second-order valence-electron chi connectivity index (χ2n) is 4.74. The van der Waals surface area contributed by atoms with Gasteiger partial charge >= 0.3 is 0 Å². The molecule has 0 heterocycles. The Hall–Kier alpha value is -2.89. The van der Waals surface area contributed by atoms with Crippen molar-refractivity contribution in [2.24, 2.45) is 0 Å². The number of anilines is 1. The van der Waals surface area contributed by atoms with Crippen LogP contribution in [0.15, 0.2) is 42.5 Å². The number of hydrogen-bond donors (Lipinski definition) is 1. The van der Waals surface area contributed by atoms with E-state index < -0.39 is 0 Å². The maximum atomic E-state index is 12.5. The molecule has 2 rings (SSSR count). The van der Waals surface area contributed by atoms with Crippen LogP contribution in [0.5, 0.6) is 17.2 Å². The topological polar surface area (TPSA) is 60.0 Å². The van der Waals surface area contributed by atoms with Crippen molar-refractivity contribution >= 4 is 11.6 Å². The standard InChI is InChI=1S/C17H20N2O4/c1-19(12-8-6-5-7-9-12)18-17(20)13-10-15(22-3)16(23-4)11-14(13)21-2/h5-11H,1-4H3,(H,18,20). The predicted octanol–water partition coefficient (Wildman–Crippen LogP) is 2.49. The summed E-state index contributed by atoms with van der Waals surface area (Å²) in [6.45, 7) is 0. The third-order valence-electron chi connectivity index (χ3n) is 3.36. The van der Waals surface area contributed by atoms with E-state index in [1.807, 2.05) is 30.3 Å². The molecule has 0 aliphatic rings. The molecule has 0 aromatic heterocycles. The molecule has 0 aliphatic carbocycles. The summed E-state index contributed by atoms with van der Waals surface area (Å²) < 4.78 is 15.7. The summed E-state index contributed by atoms with van der Waals surface area (Å²) in [7, 11) is 6.31. The normalized spacial score (nSPS) is 9.91.